The van der Waals surface area contributed by atoms with Crippen LogP contribution in [-0.2, 0) is 22.4 Å². The van der Waals surface area contributed by atoms with Crippen LogP contribution in [0.25, 0.3) is 6.08 Å². The van der Waals surface area contributed by atoms with Gasteiger partial charge in [-0.05, 0) is 25.0 Å². The number of carbonyl (C=O) groups excluding carboxylic acids is 2. The van der Waals surface area contributed by atoms with E-state index in [1.54, 1.807) is 6.08 Å². The van der Waals surface area contributed by atoms with Gasteiger partial charge < -0.3 is 9.73 Å². The van der Waals surface area contributed by atoms with Gasteiger partial charge in [0.05, 0.1) is 6.42 Å². The molecular formula is C13H14N2O3. The molecule has 0 aromatic carbocycles. The highest BCUT2D eigenvalue weighted by atomic mass is 16.4. The van der Waals surface area contributed by atoms with Crippen molar-refractivity contribution in [1.82, 2.24) is 10.3 Å². The maximum atomic E-state index is 11.4. The molecule has 0 atom stereocenters. The first-order valence-electron chi connectivity index (χ1n) is 6.19. The molecule has 0 unspecified atom stereocenters. The van der Waals surface area contributed by atoms with Crippen LogP contribution in [0, 0.1) is 5.92 Å². The Hall–Kier alpha value is -1.91. The van der Waals surface area contributed by atoms with Gasteiger partial charge in [-0.3, -0.25) is 9.59 Å². The molecule has 1 N–H and O–H groups in total. The van der Waals surface area contributed by atoms with Gasteiger partial charge in [-0.25, -0.2) is 4.98 Å². The Morgan fingerprint density at radius 2 is 2.28 bits per heavy atom. The fourth-order valence-electron chi connectivity index (χ4n) is 1.95. The van der Waals surface area contributed by atoms with E-state index < -0.39 is 0 Å². The smallest absolute Gasteiger partial charge is 0.223 e. The maximum Gasteiger partial charge on any atom is 0.223 e. The lowest BCUT2D eigenvalue weighted by molar-refractivity contribution is -0.122. The second-order valence-electron chi connectivity index (χ2n) is 4.71. The van der Waals surface area contributed by atoms with Gasteiger partial charge in [0.2, 0.25) is 5.91 Å². The molecule has 5 nitrogen and oxygen atoms in total. The average molecular weight is 246 g/mol. The van der Waals surface area contributed by atoms with Gasteiger partial charge in [-0.2, -0.15) is 0 Å². The molecule has 1 fully saturated rings. The molecule has 1 heterocycles. The normalized spacial score (nSPS) is 17.7. The van der Waals surface area contributed by atoms with Gasteiger partial charge in [-0.1, -0.05) is 0 Å². The fraction of sp³-hybridized carbons (Fsp3) is 0.462. The zero-order valence-electron chi connectivity index (χ0n) is 9.94. The van der Waals surface area contributed by atoms with Crippen molar-refractivity contribution in [3.8, 4) is 0 Å². The number of hydrogen-bond acceptors (Lipinski definition) is 4. The Morgan fingerprint density at radius 3 is 3.06 bits per heavy atom. The predicted molar refractivity (Wildman–Crippen MR) is 63.7 cm³/mol. The van der Waals surface area contributed by atoms with E-state index in [1.165, 1.54) is 6.08 Å². The molecule has 1 saturated carbocycles. The Bertz CT molecular complexity index is 526. The third-order valence-corrected chi connectivity index (χ3v) is 3.12. The predicted octanol–water partition coefficient (Wildman–Crippen LogP) is 0.882. The number of aromatic nitrogens is 1. The molecule has 1 amide bonds. The standard InChI is InChI=1S/C13H14N2O3/c16-9-3-4-10-11(7-9)18-12(15-10)5-6-14-13(17)8-1-2-8/h3-4,8H,1-2,5-7H2,(H,14,17). The summed E-state index contributed by atoms with van der Waals surface area (Å²) in [7, 11) is 0. The van der Waals surface area contributed by atoms with E-state index >= 15 is 0 Å². The second-order valence-corrected chi connectivity index (χ2v) is 4.71. The van der Waals surface area contributed by atoms with Gasteiger partial charge in [0.15, 0.2) is 11.7 Å². The Kier molecular flexibility index (Phi) is 2.74. The molecular weight excluding hydrogens is 232 g/mol. The minimum atomic E-state index is 0.0345. The number of nitrogens with one attached hydrogen (secondary N) is 1. The lowest BCUT2D eigenvalue weighted by Crippen LogP contribution is -2.26. The monoisotopic (exact) mass is 246 g/mol. The fourth-order valence-corrected chi connectivity index (χ4v) is 1.95. The summed E-state index contributed by atoms with van der Waals surface area (Å²) in [5, 5.41) is 2.86. The summed E-state index contributed by atoms with van der Waals surface area (Å²) >= 11 is 0. The quantitative estimate of drug-likeness (QED) is 0.856. The van der Waals surface area contributed by atoms with Crippen LogP contribution in [0.2, 0.25) is 0 Å². The van der Waals surface area contributed by atoms with Crippen molar-refractivity contribution in [3.63, 3.8) is 0 Å². The molecule has 0 aliphatic heterocycles. The summed E-state index contributed by atoms with van der Waals surface area (Å²) in [6.07, 6.45) is 6.05. The lowest BCUT2D eigenvalue weighted by atomic mass is 10.1. The van der Waals surface area contributed by atoms with E-state index in [2.05, 4.69) is 10.3 Å². The molecule has 2 aliphatic carbocycles. The summed E-state index contributed by atoms with van der Waals surface area (Å²) < 4.78 is 5.50. The first-order chi connectivity index (χ1) is 8.72. The minimum absolute atomic E-state index is 0.0345. The van der Waals surface area contributed by atoms with E-state index in [9.17, 15) is 9.59 Å². The molecule has 1 aromatic rings. The molecule has 0 spiro atoms. The van der Waals surface area contributed by atoms with Crippen LogP contribution in [-0.4, -0.2) is 23.2 Å². The topological polar surface area (TPSA) is 72.2 Å². The number of carbonyl (C=O) groups is 2. The molecule has 18 heavy (non-hydrogen) atoms. The lowest BCUT2D eigenvalue weighted by Gasteiger charge is -2.01. The van der Waals surface area contributed by atoms with Crippen LogP contribution in [0.5, 0.6) is 0 Å². The molecule has 0 saturated heterocycles. The number of amides is 1. The van der Waals surface area contributed by atoms with Crippen LogP contribution in [0.3, 0.4) is 0 Å². The first-order valence-corrected chi connectivity index (χ1v) is 6.19. The summed E-state index contributed by atoms with van der Waals surface area (Å²) in [4.78, 5) is 26.9. The largest absolute Gasteiger partial charge is 0.445 e. The summed E-state index contributed by atoms with van der Waals surface area (Å²) in [5.41, 5.74) is 0.734. The van der Waals surface area contributed by atoms with E-state index in [-0.39, 0.29) is 24.0 Å². The van der Waals surface area contributed by atoms with Crippen molar-refractivity contribution in [3.05, 3.63) is 23.4 Å². The van der Waals surface area contributed by atoms with Crippen molar-refractivity contribution in [2.24, 2.45) is 5.92 Å². The first kappa shape index (κ1) is 11.2. The Balaban J connectivity index is 1.55. The van der Waals surface area contributed by atoms with Crippen LogP contribution >= 0.6 is 0 Å². The molecule has 0 bridgehead atoms. The number of allylic oxidation sites excluding steroid dienone is 1. The minimum Gasteiger partial charge on any atom is -0.445 e. The van der Waals surface area contributed by atoms with Crippen molar-refractivity contribution < 1.29 is 14.0 Å². The highest BCUT2D eigenvalue weighted by Crippen LogP contribution is 2.28. The molecule has 2 aliphatic rings. The van der Waals surface area contributed by atoms with Crippen LogP contribution < -0.4 is 5.32 Å². The molecule has 5 heteroatoms. The summed E-state index contributed by atoms with van der Waals surface area (Å²) in [5.74, 6) is 1.60. The Labute approximate surface area is 104 Å². The second kappa shape index (κ2) is 4.40. The average Bonchev–Trinajstić information content (AvgIpc) is 3.11. The molecule has 3 rings (SSSR count). The number of ketones is 1. The van der Waals surface area contributed by atoms with Crippen LogP contribution in [0.15, 0.2) is 10.5 Å². The van der Waals surface area contributed by atoms with E-state index in [0.717, 1.165) is 18.5 Å². The van der Waals surface area contributed by atoms with Gasteiger partial charge in [0, 0.05) is 18.9 Å². The van der Waals surface area contributed by atoms with Gasteiger partial charge in [-0.15, -0.1) is 0 Å². The number of oxazole rings is 1. The number of hydrogen-bond donors (Lipinski definition) is 1. The third kappa shape index (κ3) is 2.34. The number of fused-ring (bicyclic) bond motifs is 1. The Morgan fingerprint density at radius 1 is 1.44 bits per heavy atom. The number of nitrogens with zero attached hydrogens (tertiary/aromatic N) is 1. The van der Waals surface area contributed by atoms with E-state index in [0.29, 0.717) is 24.6 Å². The van der Waals surface area contributed by atoms with Gasteiger partial charge >= 0.3 is 0 Å². The number of rotatable bonds is 4. The zero-order chi connectivity index (χ0) is 12.5. The highest BCUT2D eigenvalue weighted by Gasteiger charge is 2.29. The van der Waals surface area contributed by atoms with Gasteiger partial charge in [0.1, 0.15) is 11.5 Å². The van der Waals surface area contributed by atoms with Crippen molar-refractivity contribution in [2.45, 2.75) is 25.7 Å². The highest BCUT2D eigenvalue weighted by molar-refractivity contribution is 5.97. The molecule has 1 aromatic heterocycles. The van der Waals surface area contributed by atoms with Crippen molar-refractivity contribution >= 4 is 17.8 Å². The maximum absolute atomic E-state index is 11.4. The van der Waals surface area contributed by atoms with Gasteiger partial charge in [0.25, 0.3) is 0 Å². The van der Waals surface area contributed by atoms with E-state index in [1.807, 2.05) is 0 Å². The van der Waals surface area contributed by atoms with Crippen LogP contribution in [0.4, 0.5) is 0 Å². The molecule has 94 valence electrons. The summed E-state index contributed by atoms with van der Waals surface area (Å²) in [6, 6.07) is 0. The van der Waals surface area contributed by atoms with Crippen molar-refractivity contribution in [1.29, 1.82) is 0 Å². The third-order valence-electron chi connectivity index (χ3n) is 3.12. The van der Waals surface area contributed by atoms with E-state index in [4.69, 9.17) is 4.42 Å². The van der Waals surface area contributed by atoms with Crippen molar-refractivity contribution in [2.75, 3.05) is 6.54 Å². The molecule has 0 radical (unpaired) electrons. The van der Waals surface area contributed by atoms with Crippen LogP contribution in [0.1, 0.15) is 30.2 Å². The zero-order valence-corrected chi connectivity index (χ0v) is 9.94. The SMILES string of the molecule is O=C1C=Cc2nc(CCNC(=O)C3CC3)oc2C1. The summed E-state index contributed by atoms with van der Waals surface area (Å²) in [6.45, 7) is 0.534.